The molecule has 0 heterocycles. The van der Waals surface area contributed by atoms with Crippen molar-refractivity contribution in [2.24, 2.45) is 0 Å². The fourth-order valence-electron chi connectivity index (χ4n) is 5.90. The first-order chi connectivity index (χ1) is 23.1. The minimum absolute atomic E-state index is 0.0431. The smallest absolute Gasteiger partial charge is 0.264 e. The van der Waals surface area contributed by atoms with Crippen molar-refractivity contribution in [3.63, 3.8) is 0 Å². The summed E-state index contributed by atoms with van der Waals surface area (Å²) < 4.78 is 62.2. The number of carbonyl (C=O) groups excluding carboxylic acids is 2. The molecule has 5 rings (SSSR count). The quantitative estimate of drug-likeness (QED) is 0.181. The number of nitrogens with one attached hydrogen (secondary N) is 1. The van der Waals surface area contributed by atoms with Crippen LogP contribution < -0.4 is 14.4 Å². The summed E-state index contributed by atoms with van der Waals surface area (Å²) in [5.74, 6) is -1.61. The lowest BCUT2D eigenvalue weighted by atomic mass is 9.94. The fourth-order valence-corrected chi connectivity index (χ4v) is 7.31. The van der Waals surface area contributed by atoms with Gasteiger partial charge in [0.15, 0.2) is 0 Å². The van der Waals surface area contributed by atoms with E-state index in [0.29, 0.717) is 11.3 Å². The summed E-state index contributed by atoms with van der Waals surface area (Å²) in [6, 6.07) is 24.3. The number of ether oxygens (including phenoxy) is 1. The second kappa shape index (κ2) is 15.9. The van der Waals surface area contributed by atoms with Gasteiger partial charge in [0.1, 0.15) is 30.0 Å². The highest BCUT2D eigenvalue weighted by Crippen LogP contribution is 2.27. The average molecular weight is 676 g/mol. The van der Waals surface area contributed by atoms with Crippen LogP contribution in [0.5, 0.6) is 5.75 Å². The molecule has 48 heavy (non-hydrogen) atoms. The maximum absolute atomic E-state index is 14.5. The number of nitrogens with zero attached hydrogens (tertiary/aromatic N) is 2. The van der Waals surface area contributed by atoms with Crippen LogP contribution in [0.15, 0.2) is 108 Å². The molecule has 252 valence electrons. The maximum Gasteiger partial charge on any atom is 0.264 e. The largest absolute Gasteiger partial charge is 0.497 e. The van der Waals surface area contributed by atoms with E-state index in [1.807, 2.05) is 30.3 Å². The minimum Gasteiger partial charge on any atom is -0.497 e. The first-order valence-electron chi connectivity index (χ1n) is 15.9. The first-order valence-corrected chi connectivity index (χ1v) is 17.4. The third-order valence-corrected chi connectivity index (χ3v) is 10.3. The predicted octanol–water partition coefficient (Wildman–Crippen LogP) is 6.26. The van der Waals surface area contributed by atoms with E-state index in [9.17, 15) is 26.8 Å². The Morgan fingerprint density at radius 3 is 2.02 bits per heavy atom. The highest BCUT2D eigenvalue weighted by molar-refractivity contribution is 7.92. The molecule has 1 saturated carbocycles. The standard InChI is InChI=1S/C37H39F2N3O5S/c1-47-33-20-22-34(23-21-33)48(45,46)42(32-18-16-30(39)17-19-32)26-36(43)41(25-28-12-14-29(38)15-13-28)35(24-27-8-4-2-5-9-27)37(44)40-31-10-6-3-7-11-31/h2,4-5,8-9,12-23,31,35H,3,6-7,10-11,24-26H2,1H3,(H,40,44)/t35-/m1/s1. The maximum atomic E-state index is 14.5. The lowest BCUT2D eigenvalue weighted by Gasteiger charge is -2.35. The molecular weight excluding hydrogens is 636 g/mol. The van der Waals surface area contributed by atoms with Gasteiger partial charge in [-0.15, -0.1) is 0 Å². The number of methoxy groups -OCH3 is 1. The first kappa shape index (κ1) is 34.6. The van der Waals surface area contributed by atoms with Gasteiger partial charge in [-0.2, -0.15) is 0 Å². The molecule has 0 radical (unpaired) electrons. The SMILES string of the molecule is COc1ccc(S(=O)(=O)N(CC(=O)N(Cc2ccc(F)cc2)[C@H](Cc2ccccc2)C(=O)NC2CCCCC2)c2ccc(F)cc2)cc1. The van der Waals surface area contributed by atoms with Gasteiger partial charge in [-0.25, -0.2) is 17.2 Å². The zero-order valence-electron chi connectivity index (χ0n) is 26.7. The van der Waals surface area contributed by atoms with Crippen LogP contribution in [0.25, 0.3) is 0 Å². The molecule has 1 fully saturated rings. The molecule has 0 unspecified atom stereocenters. The molecule has 1 aliphatic carbocycles. The molecule has 8 nitrogen and oxygen atoms in total. The topological polar surface area (TPSA) is 96.0 Å². The zero-order chi connectivity index (χ0) is 34.1. The van der Waals surface area contributed by atoms with Crippen molar-refractivity contribution >= 4 is 27.5 Å². The van der Waals surface area contributed by atoms with E-state index in [-0.39, 0.29) is 35.5 Å². The van der Waals surface area contributed by atoms with E-state index >= 15 is 0 Å². The number of benzene rings is 4. The molecule has 0 spiro atoms. The van der Waals surface area contributed by atoms with Crippen molar-refractivity contribution in [1.82, 2.24) is 10.2 Å². The van der Waals surface area contributed by atoms with Gasteiger partial charge >= 0.3 is 0 Å². The van der Waals surface area contributed by atoms with Crippen LogP contribution in [-0.4, -0.2) is 50.9 Å². The monoisotopic (exact) mass is 675 g/mol. The molecule has 2 amide bonds. The lowest BCUT2D eigenvalue weighted by molar-refractivity contribution is -0.140. The number of carbonyl (C=O) groups is 2. The third-order valence-electron chi connectivity index (χ3n) is 8.53. The minimum atomic E-state index is -4.37. The van der Waals surface area contributed by atoms with Crippen LogP contribution in [0.4, 0.5) is 14.5 Å². The molecule has 1 aliphatic rings. The Hall–Kier alpha value is -4.77. The van der Waals surface area contributed by atoms with Gasteiger partial charge in [0.05, 0.1) is 17.7 Å². The van der Waals surface area contributed by atoms with Crippen molar-refractivity contribution in [2.45, 2.75) is 62.0 Å². The number of amides is 2. The molecule has 4 aromatic carbocycles. The van der Waals surface area contributed by atoms with Gasteiger partial charge in [-0.05, 0) is 84.6 Å². The zero-order valence-corrected chi connectivity index (χ0v) is 27.5. The Morgan fingerprint density at radius 1 is 0.812 bits per heavy atom. The predicted molar refractivity (Wildman–Crippen MR) is 180 cm³/mol. The molecule has 0 aliphatic heterocycles. The molecule has 4 aromatic rings. The average Bonchev–Trinajstić information content (AvgIpc) is 3.10. The second-order valence-corrected chi connectivity index (χ2v) is 13.7. The second-order valence-electron chi connectivity index (χ2n) is 11.9. The molecule has 1 N–H and O–H groups in total. The van der Waals surface area contributed by atoms with Gasteiger partial charge < -0.3 is 15.0 Å². The van der Waals surface area contributed by atoms with E-state index in [4.69, 9.17) is 4.74 Å². The molecule has 11 heteroatoms. The van der Waals surface area contributed by atoms with Crippen LogP contribution in [0, 0.1) is 11.6 Å². The van der Waals surface area contributed by atoms with Crippen LogP contribution in [0.1, 0.15) is 43.2 Å². The summed E-state index contributed by atoms with van der Waals surface area (Å²) in [7, 11) is -2.91. The molecule has 1 atom stereocenters. The van der Waals surface area contributed by atoms with E-state index < -0.39 is 40.2 Å². The van der Waals surface area contributed by atoms with E-state index in [0.717, 1.165) is 54.1 Å². The molecule has 0 bridgehead atoms. The summed E-state index contributed by atoms with van der Waals surface area (Å²) >= 11 is 0. The fraction of sp³-hybridized carbons (Fsp3) is 0.297. The molecule has 0 saturated heterocycles. The van der Waals surface area contributed by atoms with Crippen LogP contribution >= 0.6 is 0 Å². The Labute approximate surface area is 280 Å². The Morgan fingerprint density at radius 2 is 1.42 bits per heavy atom. The van der Waals surface area contributed by atoms with Crippen molar-refractivity contribution in [3.05, 3.63) is 126 Å². The Bertz CT molecular complexity index is 1760. The van der Waals surface area contributed by atoms with Gasteiger partial charge in [-0.1, -0.05) is 61.7 Å². The van der Waals surface area contributed by atoms with Crippen molar-refractivity contribution < 1.29 is 31.5 Å². The number of hydrogen-bond donors (Lipinski definition) is 1. The van der Waals surface area contributed by atoms with Gasteiger partial charge in [0.25, 0.3) is 10.0 Å². The van der Waals surface area contributed by atoms with E-state index in [2.05, 4.69) is 5.32 Å². The summed E-state index contributed by atoms with van der Waals surface area (Å²) in [5, 5.41) is 3.15. The molecular formula is C37H39F2N3O5S. The summed E-state index contributed by atoms with van der Waals surface area (Å²) in [4.78, 5) is 29.9. The van der Waals surface area contributed by atoms with Crippen molar-refractivity contribution in [1.29, 1.82) is 0 Å². The van der Waals surface area contributed by atoms with Crippen molar-refractivity contribution in [3.8, 4) is 5.75 Å². The number of rotatable bonds is 13. The summed E-state index contributed by atoms with van der Waals surface area (Å²) in [6.07, 6.45) is 4.89. The normalized spacial score (nSPS) is 14.1. The summed E-state index contributed by atoms with van der Waals surface area (Å²) in [5.41, 5.74) is 1.42. The van der Waals surface area contributed by atoms with Crippen LogP contribution in [0.3, 0.4) is 0 Å². The molecule has 0 aromatic heterocycles. The van der Waals surface area contributed by atoms with Crippen LogP contribution in [-0.2, 0) is 32.6 Å². The number of sulfonamides is 1. The number of anilines is 1. The highest BCUT2D eigenvalue weighted by Gasteiger charge is 2.35. The lowest BCUT2D eigenvalue weighted by Crippen LogP contribution is -2.55. The highest BCUT2D eigenvalue weighted by atomic mass is 32.2. The van der Waals surface area contributed by atoms with E-state index in [1.165, 1.54) is 72.7 Å². The number of hydrogen-bond acceptors (Lipinski definition) is 5. The van der Waals surface area contributed by atoms with Crippen molar-refractivity contribution in [2.75, 3.05) is 18.0 Å². The van der Waals surface area contributed by atoms with Gasteiger partial charge in [0.2, 0.25) is 11.8 Å². The van der Waals surface area contributed by atoms with Gasteiger partial charge in [-0.3, -0.25) is 13.9 Å². The number of halogens is 2. The van der Waals surface area contributed by atoms with Gasteiger partial charge in [0, 0.05) is 19.0 Å². The van der Waals surface area contributed by atoms with Crippen LogP contribution in [0.2, 0.25) is 0 Å². The van der Waals surface area contributed by atoms with E-state index in [1.54, 1.807) is 0 Å². The Balaban J connectivity index is 1.55. The Kier molecular flexibility index (Phi) is 11.4. The summed E-state index contributed by atoms with van der Waals surface area (Å²) in [6.45, 7) is -0.780. The third kappa shape index (κ3) is 8.77.